The molecule has 3 aromatic carbocycles. The van der Waals surface area contributed by atoms with E-state index in [4.69, 9.17) is 15.2 Å². The van der Waals surface area contributed by atoms with Gasteiger partial charge in [-0.2, -0.15) is 0 Å². The van der Waals surface area contributed by atoms with Gasteiger partial charge in [-0.1, -0.05) is 66.7 Å². The summed E-state index contributed by atoms with van der Waals surface area (Å²) in [6.45, 7) is 1.06. The first-order chi connectivity index (χ1) is 13.8. The molecule has 3 heteroatoms. The van der Waals surface area contributed by atoms with Crippen LogP contribution in [0.4, 0.5) is 0 Å². The third kappa shape index (κ3) is 4.55. The molecule has 1 aliphatic rings. The summed E-state index contributed by atoms with van der Waals surface area (Å²) in [6.07, 6.45) is 4.01. The van der Waals surface area contributed by atoms with Crippen LogP contribution in [0.3, 0.4) is 0 Å². The number of hydrogen-bond acceptors (Lipinski definition) is 3. The topological polar surface area (TPSA) is 44.5 Å². The first-order valence-electron chi connectivity index (χ1n) is 10.0. The molecule has 1 unspecified atom stereocenters. The lowest BCUT2D eigenvalue weighted by atomic mass is 10.0. The zero-order valence-electron chi connectivity index (χ0n) is 16.1. The smallest absolute Gasteiger partial charge is 0.165 e. The molecule has 0 aromatic heterocycles. The molecule has 28 heavy (non-hydrogen) atoms. The summed E-state index contributed by atoms with van der Waals surface area (Å²) in [6, 6.07) is 24.9. The summed E-state index contributed by atoms with van der Waals surface area (Å²) >= 11 is 0. The van der Waals surface area contributed by atoms with Gasteiger partial charge in [-0.05, 0) is 48.4 Å². The van der Waals surface area contributed by atoms with Gasteiger partial charge in [0.2, 0.25) is 0 Å². The van der Waals surface area contributed by atoms with Gasteiger partial charge in [-0.25, -0.2) is 0 Å². The molecule has 4 rings (SSSR count). The van der Waals surface area contributed by atoms with Crippen LogP contribution in [-0.2, 0) is 26.1 Å². The van der Waals surface area contributed by atoms with Gasteiger partial charge in [0.25, 0.3) is 0 Å². The van der Waals surface area contributed by atoms with Crippen LogP contribution in [0.1, 0.15) is 35.1 Å². The lowest BCUT2D eigenvalue weighted by Crippen LogP contribution is -2.21. The molecule has 2 N–H and O–H groups in total. The van der Waals surface area contributed by atoms with Gasteiger partial charge in [0.15, 0.2) is 11.5 Å². The highest BCUT2D eigenvalue weighted by molar-refractivity contribution is 5.52. The summed E-state index contributed by atoms with van der Waals surface area (Å²) < 4.78 is 12.5. The normalized spacial score (nSPS) is 16.1. The lowest BCUT2D eigenvalue weighted by Gasteiger charge is -2.19. The average Bonchev–Trinajstić information content (AvgIpc) is 2.93. The van der Waals surface area contributed by atoms with E-state index in [1.54, 1.807) is 0 Å². The second-order valence-electron chi connectivity index (χ2n) is 7.44. The van der Waals surface area contributed by atoms with E-state index in [1.165, 1.54) is 11.1 Å². The molecule has 1 atom stereocenters. The Labute approximate surface area is 167 Å². The molecule has 0 spiro atoms. The highest BCUT2D eigenvalue weighted by Crippen LogP contribution is 2.38. The predicted molar refractivity (Wildman–Crippen MR) is 113 cm³/mol. The summed E-state index contributed by atoms with van der Waals surface area (Å²) in [4.78, 5) is 0. The largest absolute Gasteiger partial charge is 0.485 e. The summed E-state index contributed by atoms with van der Waals surface area (Å²) in [5.74, 6) is 1.69. The van der Waals surface area contributed by atoms with E-state index in [0.717, 1.165) is 48.3 Å². The Morgan fingerprint density at radius 1 is 0.786 bits per heavy atom. The molecule has 0 radical (unpaired) electrons. The Balaban J connectivity index is 1.61. The highest BCUT2D eigenvalue weighted by atomic mass is 16.5. The Hall–Kier alpha value is -2.78. The van der Waals surface area contributed by atoms with Crippen LogP contribution >= 0.6 is 0 Å². The molecule has 0 saturated heterocycles. The minimum atomic E-state index is 0.222. The van der Waals surface area contributed by atoms with Crippen molar-refractivity contribution in [2.75, 3.05) is 0 Å². The molecule has 144 valence electrons. The van der Waals surface area contributed by atoms with Gasteiger partial charge < -0.3 is 15.2 Å². The number of ether oxygens (including phenoxy) is 2. The van der Waals surface area contributed by atoms with Crippen LogP contribution in [-0.4, -0.2) is 6.04 Å². The second kappa shape index (κ2) is 8.94. The van der Waals surface area contributed by atoms with Gasteiger partial charge in [0, 0.05) is 11.6 Å². The van der Waals surface area contributed by atoms with Gasteiger partial charge in [-0.15, -0.1) is 0 Å². The number of hydrogen-bond donors (Lipinski definition) is 1. The monoisotopic (exact) mass is 373 g/mol. The molecule has 0 bridgehead atoms. The fourth-order valence-corrected chi connectivity index (χ4v) is 3.77. The van der Waals surface area contributed by atoms with Crippen LogP contribution in [0.2, 0.25) is 0 Å². The molecule has 0 fully saturated rings. The van der Waals surface area contributed by atoms with Crippen molar-refractivity contribution in [3.8, 4) is 11.5 Å². The average molecular weight is 373 g/mol. The summed E-state index contributed by atoms with van der Waals surface area (Å²) in [5.41, 5.74) is 11.1. The SMILES string of the molecule is NC1CCCc2c(ccc(OCc3ccccc3)c2OCc2ccccc2)C1. The second-order valence-corrected chi connectivity index (χ2v) is 7.44. The maximum Gasteiger partial charge on any atom is 0.165 e. The van der Waals surface area contributed by atoms with Crippen molar-refractivity contribution in [1.29, 1.82) is 0 Å². The van der Waals surface area contributed by atoms with Crippen molar-refractivity contribution in [3.05, 3.63) is 95.1 Å². The molecule has 1 aliphatic carbocycles. The Bertz CT molecular complexity index is 893. The quantitative estimate of drug-likeness (QED) is 0.615. The Morgan fingerprint density at radius 3 is 2.11 bits per heavy atom. The standard InChI is InChI=1S/C25H27NO2/c26-22-12-7-13-23-21(16-22)14-15-24(27-17-19-8-3-1-4-9-19)25(23)28-18-20-10-5-2-6-11-20/h1-6,8-11,14-15,22H,7,12-13,16-18,26H2. The van der Waals surface area contributed by atoms with Crippen LogP contribution in [0.15, 0.2) is 72.8 Å². The van der Waals surface area contributed by atoms with Gasteiger partial charge in [0.05, 0.1) is 0 Å². The third-order valence-electron chi connectivity index (χ3n) is 5.27. The molecule has 0 saturated carbocycles. The molecular weight excluding hydrogens is 346 g/mol. The van der Waals surface area contributed by atoms with Gasteiger partial charge in [-0.3, -0.25) is 0 Å². The van der Waals surface area contributed by atoms with E-state index in [2.05, 4.69) is 30.3 Å². The zero-order valence-corrected chi connectivity index (χ0v) is 16.1. The van der Waals surface area contributed by atoms with Crippen LogP contribution in [0, 0.1) is 0 Å². The minimum Gasteiger partial charge on any atom is -0.485 e. The summed E-state index contributed by atoms with van der Waals surface area (Å²) in [7, 11) is 0. The predicted octanol–water partition coefficient (Wildman–Crippen LogP) is 5.05. The summed E-state index contributed by atoms with van der Waals surface area (Å²) in [5, 5.41) is 0. The van der Waals surface area contributed by atoms with Crippen LogP contribution in [0.25, 0.3) is 0 Å². The van der Waals surface area contributed by atoms with Crippen molar-refractivity contribution >= 4 is 0 Å². The fourth-order valence-electron chi connectivity index (χ4n) is 3.77. The molecular formula is C25H27NO2. The molecule has 0 amide bonds. The Kier molecular flexibility index (Phi) is 5.93. The van der Waals surface area contributed by atoms with E-state index < -0.39 is 0 Å². The van der Waals surface area contributed by atoms with Crippen LogP contribution in [0.5, 0.6) is 11.5 Å². The van der Waals surface area contributed by atoms with Crippen molar-refractivity contribution in [1.82, 2.24) is 0 Å². The van der Waals surface area contributed by atoms with E-state index in [9.17, 15) is 0 Å². The Morgan fingerprint density at radius 2 is 1.43 bits per heavy atom. The molecule has 3 nitrogen and oxygen atoms in total. The number of nitrogens with two attached hydrogens (primary N) is 1. The maximum absolute atomic E-state index is 6.34. The molecule has 0 heterocycles. The number of fused-ring (bicyclic) bond motifs is 1. The first kappa shape index (κ1) is 18.6. The van der Waals surface area contributed by atoms with Crippen molar-refractivity contribution in [2.45, 2.75) is 44.9 Å². The lowest BCUT2D eigenvalue weighted by molar-refractivity contribution is 0.253. The minimum absolute atomic E-state index is 0.222. The van der Waals surface area contributed by atoms with Crippen LogP contribution < -0.4 is 15.2 Å². The van der Waals surface area contributed by atoms with Gasteiger partial charge in [0.1, 0.15) is 13.2 Å². The highest BCUT2D eigenvalue weighted by Gasteiger charge is 2.21. The van der Waals surface area contributed by atoms with E-state index in [-0.39, 0.29) is 6.04 Å². The van der Waals surface area contributed by atoms with E-state index in [0.29, 0.717) is 13.2 Å². The van der Waals surface area contributed by atoms with Crippen molar-refractivity contribution < 1.29 is 9.47 Å². The van der Waals surface area contributed by atoms with E-state index in [1.807, 2.05) is 42.5 Å². The number of benzene rings is 3. The van der Waals surface area contributed by atoms with E-state index >= 15 is 0 Å². The number of rotatable bonds is 6. The molecule has 3 aromatic rings. The van der Waals surface area contributed by atoms with Crippen molar-refractivity contribution in [3.63, 3.8) is 0 Å². The third-order valence-corrected chi connectivity index (χ3v) is 5.27. The maximum atomic E-state index is 6.34. The van der Waals surface area contributed by atoms with Crippen molar-refractivity contribution in [2.24, 2.45) is 5.73 Å². The zero-order chi connectivity index (χ0) is 19.2. The molecule has 0 aliphatic heterocycles. The fraction of sp³-hybridized carbons (Fsp3) is 0.280. The van der Waals surface area contributed by atoms with Gasteiger partial charge >= 0.3 is 0 Å². The first-order valence-corrected chi connectivity index (χ1v) is 10.0.